The summed E-state index contributed by atoms with van der Waals surface area (Å²) in [5, 5.41) is 6.05. The van der Waals surface area contributed by atoms with E-state index < -0.39 is 23.1 Å². The van der Waals surface area contributed by atoms with Crippen molar-refractivity contribution in [2.75, 3.05) is 17.2 Å². The Bertz CT molecular complexity index is 1250. The highest BCUT2D eigenvalue weighted by molar-refractivity contribution is 5.78. The van der Waals surface area contributed by atoms with Crippen LogP contribution in [0.15, 0.2) is 18.3 Å². The lowest BCUT2D eigenvalue weighted by atomic mass is 9.85. The molecule has 4 N–H and O–H groups in total. The van der Waals surface area contributed by atoms with E-state index in [9.17, 15) is 18.0 Å². The number of carbonyl (C=O) groups is 1. The topological polar surface area (TPSA) is 120 Å². The van der Waals surface area contributed by atoms with Gasteiger partial charge in [0.15, 0.2) is 17.3 Å². The number of anilines is 3. The maximum atomic E-state index is 14.4. The second kappa shape index (κ2) is 9.92. The van der Waals surface area contributed by atoms with Gasteiger partial charge in [-0.3, -0.25) is 9.36 Å². The molecule has 2 aliphatic rings. The molecule has 0 bridgehead atoms. The standard InChI is InChI=1S/C24H28F3N7O2/c1-12-8-15(6-7-36-12)30-23-29-11-19-22(33-23)34(16-4-2-13(3-5-16)21(28)35)24(31-19)32-20-17(26)9-14(25)10-18(20)27/h9-13,15-16H,2-8H2,1H3,(H2,28,35)(H,31,32)(H,29,30,33). The molecule has 2 unspecified atom stereocenters. The van der Waals surface area contributed by atoms with Gasteiger partial charge in [-0.25, -0.2) is 23.1 Å². The van der Waals surface area contributed by atoms with E-state index in [1.54, 1.807) is 10.8 Å². The van der Waals surface area contributed by atoms with Gasteiger partial charge in [0.2, 0.25) is 17.8 Å². The summed E-state index contributed by atoms with van der Waals surface area (Å²) in [5.74, 6) is -3.16. The molecule has 0 spiro atoms. The van der Waals surface area contributed by atoms with Crippen molar-refractivity contribution >= 4 is 34.7 Å². The Morgan fingerprint density at radius 3 is 2.50 bits per heavy atom. The Hall–Kier alpha value is -3.41. The number of hydrogen-bond acceptors (Lipinski definition) is 7. The van der Waals surface area contributed by atoms with E-state index >= 15 is 0 Å². The number of nitrogens with zero attached hydrogens (tertiary/aromatic N) is 4. The molecule has 36 heavy (non-hydrogen) atoms. The summed E-state index contributed by atoms with van der Waals surface area (Å²) >= 11 is 0. The molecule has 192 valence electrons. The Kier molecular flexibility index (Phi) is 6.69. The van der Waals surface area contributed by atoms with E-state index in [2.05, 4.69) is 20.6 Å². The molecule has 1 aromatic carbocycles. The van der Waals surface area contributed by atoms with Crippen LogP contribution in [0.4, 0.5) is 30.8 Å². The van der Waals surface area contributed by atoms with Crippen molar-refractivity contribution in [2.45, 2.75) is 63.6 Å². The number of nitrogens with one attached hydrogen (secondary N) is 2. The number of halogens is 3. The molecule has 1 aliphatic carbocycles. The Labute approximate surface area is 205 Å². The molecule has 3 heterocycles. The number of ether oxygens (including phenoxy) is 1. The summed E-state index contributed by atoms with van der Waals surface area (Å²) in [6.45, 7) is 2.66. The number of hydrogen-bond donors (Lipinski definition) is 3. The summed E-state index contributed by atoms with van der Waals surface area (Å²) in [4.78, 5) is 25.3. The minimum atomic E-state index is -1.08. The summed E-state index contributed by atoms with van der Waals surface area (Å²) < 4.78 is 49.7. The van der Waals surface area contributed by atoms with Crippen LogP contribution >= 0.6 is 0 Å². The van der Waals surface area contributed by atoms with E-state index in [-0.39, 0.29) is 36.0 Å². The number of imidazole rings is 1. The lowest BCUT2D eigenvalue weighted by molar-refractivity contribution is -0.122. The second-order valence-corrected chi connectivity index (χ2v) is 9.53. The Balaban J connectivity index is 1.51. The van der Waals surface area contributed by atoms with Crippen LogP contribution in [0.2, 0.25) is 0 Å². The van der Waals surface area contributed by atoms with Crippen LogP contribution in [0.5, 0.6) is 0 Å². The van der Waals surface area contributed by atoms with Gasteiger partial charge in [0.25, 0.3) is 0 Å². The maximum absolute atomic E-state index is 14.4. The second-order valence-electron chi connectivity index (χ2n) is 9.53. The predicted octanol–water partition coefficient (Wildman–Crippen LogP) is 4.18. The van der Waals surface area contributed by atoms with Crippen molar-refractivity contribution in [1.82, 2.24) is 19.5 Å². The normalized spacial score (nSPS) is 24.6. The monoisotopic (exact) mass is 503 g/mol. The summed E-state index contributed by atoms with van der Waals surface area (Å²) in [5.41, 5.74) is 5.90. The molecule has 12 heteroatoms. The van der Waals surface area contributed by atoms with Gasteiger partial charge >= 0.3 is 0 Å². The van der Waals surface area contributed by atoms with E-state index in [1.165, 1.54) is 0 Å². The van der Waals surface area contributed by atoms with Crippen LogP contribution in [0.3, 0.4) is 0 Å². The minimum absolute atomic E-state index is 0.127. The first-order valence-electron chi connectivity index (χ1n) is 12.1. The van der Waals surface area contributed by atoms with E-state index in [0.717, 1.165) is 12.8 Å². The number of aromatic nitrogens is 4. The smallest absolute Gasteiger partial charge is 0.224 e. The van der Waals surface area contributed by atoms with Gasteiger partial charge in [-0.15, -0.1) is 0 Å². The molecular weight excluding hydrogens is 475 g/mol. The third-order valence-electron chi connectivity index (χ3n) is 6.96. The molecule has 2 fully saturated rings. The van der Waals surface area contributed by atoms with Gasteiger partial charge in [0, 0.05) is 36.7 Å². The number of carbonyl (C=O) groups excluding carboxylic acids is 1. The molecule has 9 nitrogen and oxygen atoms in total. The van der Waals surface area contributed by atoms with Crippen LogP contribution in [-0.4, -0.2) is 44.2 Å². The molecular formula is C24H28F3N7O2. The highest BCUT2D eigenvalue weighted by Crippen LogP contribution is 2.37. The predicted molar refractivity (Wildman–Crippen MR) is 127 cm³/mol. The van der Waals surface area contributed by atoms with Gasteiger partial charge in [-0.1, -0.05) is 0 Å². The molecule has 1 amide bonds. The zero-order chi connectivity index (χ0) is 25.4. The number of primary amides is 1. The van der Waals surface area contributed by atoms with E-state index in [4.69, 9.17) is 15.5 Å². The lowest BCUT2D eigenvalue weighted by Crippen LogP contribution is -2.33. The van der Waals surface area contributed by atoms with Gasteiger partial charge in [-0.05, 0) is 45.4 Å². The van der Waals surface area contributed by atoms with Gasteiger partial charge in [0.05, 0.1) is 12.3 Å². The third kappa shape index (κ3) is 4.95. The number of amides is 1. The number of nitrogens with two attached hydrogens (primary N) is 1. The van der Waals surface area contributed by atoms with Gasteiger partial charge in [-0.2, -0.15) is 4.98 Å². The molecule has 0 radical (unpaired) electrons. The quantitative estimate of drug-likeness (QED) is 0.462. The minimum Gasteiger partial charge on any atom is -0.378 e. The van der Waals surface area contributed by atoms with Crippen LogP contribution in [0, 0.1) is 23.4 Å². The molecule has 1 saturated heterocycles. The number of fused-ring (bicyclic) bond motifs is 1. The summed E-state index contributed by atoms with van der Waals surface area (Å²) in [7, 11) is 0. The molecule has 2 atom stereocenters. The fourth-order valence-corrected chi connectivity index (χ4v) is 5.10. The third-order valence-corrected chi connectivity index (χ3v) is 6.96. The zero-order valence-corrected chi connectivity index (χ0v) is 19.8. The summed E-state index contributed by atoms with van der Waals surface area (Å²) in [6, 6.07) is 1.21. The average molecular weight is 504 g/mol. The van der Waals surface area contributed by atoms with Crippen molar-refractivity contribution in [3.05, 3.63) is 35.8 Å². The van der Waals surface area contributed by atoms with Gasteiger partial charge in [0.1, 0.15) is 17.0 Å². The fraction of sp³-hybridized carbons (Fsp3) is 0.500. The van der Waals surface area contributed by atoms with Crippen LogP contribution in [-0.2, 0) is 9.53 Å². The fourth-order valence-electron chi connectivity index (χ4n) is 5.10. The van der Waals surface area contributed by atoms with E-state index in [0.29, 0.717) is 61.5 Å². The summed E-state index contributed by atoms with van der Waals surface area (Å²) in [6.07, 6.45) is 5.68. The number of rotatable bonds is 6. The van der Waals surface area contributed by atoms with Gasteiger partial charge < -0.3 is 21.1 Å². The molecule has 5 rings (SSSR count). The first kappa shape index (κ1) is 24.3. The van der Waals surface area contributed by atoms with Crippen LogP contribution < -0.4 is 16.4 Å². The van der Waals surface area contributed by atoms with Crippen molar-refractivity contribution in [1.29, 1.82) is 0 Å². The molecule has 3 aromatic rings. The Morgan fingerprint density at radius 2 is 1.83 bits per heavy atom. The lowest BCUT2D eigenvalue weighted by Gasteiger charge is -2.29. The van der Waals surface area contributed by atoms with Crippen molar-refractivity contribution in [2.24, 2.45) is 11.7 Å². The Morgan fingerprint density at radius 1 is 1.11 bits per heavy atom. The SMILES string of the molecule is CC1CC(Nc2ncc3nc(Nc4c(F)cc(F)cc4F)n(C4CCC(C(N)=O)CC4)c3n2)CCO1. The zero-order valence-electron chi connectivity index (χ0n) is 19.8. The number of benzene rings is 1. The average Bonchev–Trinajstić information content (AvgIpc) is 3.18. The van der Waals surface area contributed by atoms with Crippen LogP contribution in [0.1, 0.15) is 51.5 Å². The molecule has 1 aliphatic heterocycles. The van der Waals surface area contributed by atoms with E-state index in [1.807, 2.05) is 6.92 Å². The largest absolute Gasteiger partial charge is 0.378 e. The molecule has 1 saturated carbocycles. The first-order valence-corrected chi connectivity index (χ1v) is 12.1. The first-order chi connectivity index (χ1) is 17.3. The molecule has 2 aromatic heterocycles. The van der Waals surface area contributed by atoms with Crippen molar-refractivity contribution < 1.29 is 22.7 Å². The van der Waals surface area contributed by atoms with Crippen LogP contribution in [0.25, 0.3) is 11.2 Å². The highest BCUT2D eigenvalue weighted by Gasteiger charge is 2.30. The highest BCUT2D eigenvalue weighted by atomic mass is 19.1. The van der Waals surface area contributed by atoms with Crippen molar-refractivity contribution in [3.63, 3.8) is 0 Å². The maximum Gasteiger partial charge on any atom is 0.224 e. The van der Waals surface area contributed by atoms with Crippen molar-refractivity contribution in [3.8, 4) is 0 Å².